The number of nitrogens with one attached hydrogen (secondary N) is 1. The summed E-state index contributed by atoms with van der Waals surface area (Å²) >= 11 is 0. The van der Waals surface area contributed by atoms with Crippen LogP contribution < -0.4 is 10.2 Å². The number of hydrogen-bond acceptors (Lipinski definition) is 5. The van der Waals surface area contributed by atoms with Gasteiger partial charge in [-0.2, -0.15) is 5.10 Å². The van der Waals surface area contributed by atoms with Gasteiger partial charge in [-0.05, 0) is 45.2 Å². The van der Waals surface area contributed by atoms with E-state index in [-0.39, 0.29) is 6.61 Å². The number of aromatic nitrogens is 2. The monoisotopic (exact) mass is 343 g/mol. The molecule has 1 aliphatic heterocycles. The lowest BCUT2D eigenvalue weighted by atomic mass is 10.2. The second-order valence-corrected chi connectivity index (χ2v) is 6.79. The highest BCUT2D eigenvalue weighted by Gasteiger charge is 2.14. The van der Waals surface area contributed by atoms with Crippen molar-refractivity contribution in [2.45, 2.75) is 26.9 Å². The molecule has 6 nitrogen and oxygen atoms in total. The minimum Gasteiger partial charge on any atom is -0.394 e. The van der Waals surface area contributed by atoms with Crippen LogP contribution in [0.5, 0.6) is 0 Å². The third-order valence-corrected chi connectivity index (χ3v) is 5.05. The van der Waals surface area contributed by atoms with E-state index < -0.39 is 0 Å². The lowest BCUT2D eigenvalue weighted by Gasteiger charge is -2.34. The van der Waals surface area contributed by atoms with Gasteiger partial charge >= 0.3 is 0 Å². The number of likely N-dealkylation sites (N-methyl/N-ethyl adjacent to an activating group) is 1. The Morgan fingerprint density at radius 2 is 1.76 bits per heavy atom. The van der Waals surface area contributed by atoms with Crippen LogP contribution in [0.15, 0.2) is 24.3 Å². The fraction of sp³-hybridized carbons (Fsp3) is 0.526. The Morgan fingerprint density at radius 3 is 2.40 bits per heavy atom. The van der Waals surface area contributed by atoms with Gasteiger partial charge in [0.15, 0.2) is 0 Å². The van der Waals surface area contributed by atoms with Gasteiger partial charge in [-0.25, -0.2) is 0 Å². The Kier molecular flexibility index (Phi) is 5.60. The number of hydrogen-bond donors (Lipinski definition) is 2. The van der Waals surface area contributed by atoms with E-state index in [1.54, 1.807) is 0 Å². The molecule has 1 aliphatic rings. The Labute approximate surface area is 150 Å². The van der Waals surface area contributed by atoms with E-state index in [1.165, 1.54) is 11.3 Å². The molecule has 1 fully saturated rings. The van der Waals surface area contributed by atoms with Crippen LogP contribution >= 0.6 is 0 Å². The first-order chi connectivity index (χ1) is 12.1. The predicted molar refractivity (Wildman–Crippen MR) is 102 cm³/mol. The number of benzene rings is 1. The van der Waals surface area contributed by atoms with Gasteiger partial charge in [0.25, 0.3) is 0 Å². The van der Waals surface area contributed by atoms with Gasteiger partial charge in [0.2, 0.25) is 0 Å². The zero-order chi connectivity index (χ0) is 17.8. The van der Waals surface area contributed by atoms with E-state index in [4.69, 9.17) is 5.11 Å². The predicted octanol–water partition coefficient (Wildman–Crippen LogP) is 1.86. The van der Waals surface area contributed by atoms with Gasteiger partial charge in [-0.3, -0.25) is 4.68 Å². The first kappa shape index (κ1) is 17.8. The molecular formula is C19H29N5O. The lowest BCUT2D eigenvalue weighted by molar-refractivity contribution is 0.268. The number of aryl methyl sites for hydroxylation is 1. The Bertz CT molecular complexity index is 687. The van der Waals surface area contributed by atoms with E-state index >= 15 is 0 Å². The molecule has 0 amide bonds. The normalized spacial score (nSPS) is 15.6. The van der Waals surface area contributed by atoms with E-state index in [0.29, 0.717) is 6.54 Å². The summed E-state index contributed by atoms with van der Waals surface area (Å²) in [5.74, 6) is 0. The molecule has 25 heavy (non-hydrogen) atoms. The summed E-state index contributed by atoms with van der Waals surface area (Å²) in [7, 11) is 2.18. The van der Waals surface area contributed by atoms with Gasteiger partial charge in [-0.15, -0.1) is 0 Å². The van der Waals surface area contributed by atoms with Crippen molar-refractivity contribution in [1.82, 2.24) is 14.7 Å². The maximum atomic E-state index is 9.12. The fourth-order valence-electron chi connectivity index (χ4n) is 3.35. The molecule has 0 bridgehead atoms. The molecule has 0 unspecified atom stereocenters. The van der Waals surface area contributed by atoms with Crippen molar-refractivity contribution in [2.24, 2.45) is 0 Å². The van der Waals surface area contributed by atoms with Gasteiger partial charge < -0.3 is 20.2 Å². The largest absolute Gasteiger partial charge is 0.394 e. The first-order valence-corrected chi connectivity index (χ1v) is 8.99. The average molecular weight is 343 g/mol. The molecule has 2 aromatic rings. The summed E-state index contributed by atoms with van der Waals surface area (Å²) in [6, 6.07) is 8.69. The zero-order valence-corrected chi connectivity index (χ0v) is 15.5. The third kappa shape index (κ3) is 4.14. The summed E-state index contributed by atoms with van der Waals surface area (Å²) < 4.78 is 1.88. The van der Waals surface area contributed by atoms with E-state index in [0.717, 1.165) is 49.8 Å². The van der Waals surface area contributed by atoms with Crippen LogP contribution in [0.3, 0.4) is 0 Å². The fourth-order valence-corrected chi connectivity index (χ4v) is 3.35. The molecule has 0 saturated carbocycles. The van der Waals surface area contributed by atoms with Crippen molar-refractivity contribution in [2.75, 3.05) is 50.1 Å². The Balaban J connectivity index is 1.61. The molecule has 1 aromatic heterocycles. The highest BCUT2D eigenvalue weighted by atomic mass is 16.3. The highest BCUT2D eigenvalue weighted by Crippen LogP contribution is 2.21. The van der Waals surface area contributed by atoms with E-state index in [1.807, 2.05) is 11.6 Å². The number of aliphatic hydroxyl groups is 1. The molecule has 136 valence electrons. The van der Waals surface area contributed by atoms with Crippen LogP contribution in [-0.4, -0.2) is 59.6 Å². The highest BCUT2D eigenvalue weighted by molar-refractivity contribution is 5.55. The Morgan fingerprint density at radius 1 is 1.08 bits per heavy atom. The summed E-state index contributed by atoms with van der Waals surface area (Å²) in [5, 5.41) is 17.1. The Hall–Kier alpha value is -2.05. The van der Waals surface area contributed by atoms with Gasteiger partial charge in [0.05, 0.1) is 18.8 Å². The topological polar surface area (TPSA) is 56.6 Å². The summed E-state index contributed by atoms with van der Waals surface area (Å²) in [6.45, 7) is 9.91. The van der Waals surface area contributed by atoms with Crippen LogP contribution in [0.25, 0.3) is 0 Å². The number of anilines is 2. The zero-order valence-electron chi connectivity index (χ0n) is 15.5. The minimum atomic E-state index is 0.114. The van der Waals surface area contributed by atoms with Crippen LogP contribution in [-0.2, 0) is 13.1 Å². The molecule has 0 spiro atoms. The summed E-state index contributed by atoms with van der Waals surface area (Å²) in [5.41, 5.74) is 5.76. The van der Waals surface area contributed by atoms with Crippen molar-refractivity contribution < 1.29 is 5.11 Å². The van der Waals surface area contributed by atoms with Crippen LogP contribution in [0, 0.1) is 13.8 Å². The maximum absolute atomic E-state index is 9.12. The van der Waals surface area contributed by atoms with Gasteiger partial charge in [0.1, 0.15) is 0 Å². The number of nitrogens with zero attached hydrogens (tertiary/aromatic N) is 4. The van der Waals surface area contributed by atoms with Gasteiger partial charge in [-0.1, -0.05) is 0 Å². The second kappa shape index (κ2) is 7.89. The van der Waals surface area contributed by atoms with Crippen LogP contribution in [0.2, 0.25) is 0 Å². The smallest absolute Gasteiger partial charge is 0.0646 e. The van der Waals surface area contributed by atoms with Crippen LogP contribution in [0.1, 0.15) is 17.0 Å². The maximum Gasteiger partial charge on any atom is 0.0646 e. The molecule has 2 N–H and O–H groups in total. The van der Waals surface area contributed by atoms with Crippen molar-refractivity contribution in [3.63, 3.8) is 0 Å². The molecular weight excluding hydrogens is 314 g/mol. The lowest BCUT2D eigenvalue weighted by Crippen LogP contribution is -2.44. The minimum absolute atomic E-state index is 0.114. The molecule has 0 aliphatic carbocycles. The van der Waals surface area contributed by atoms with Crippen LogP contribution in [0.4, 0.5) is 11.4 Å². The standard InChI is InChI=1S/C19H29N5O/c1-15-19(16(2)24(21-15)12-13-25)14-20-17-4-6-18(7-5-17)23-10-8-22(3)9-11-23/h4-7,20,25H,8-14H2,1-3H3. The molecule has 3 rings (SSSR count). The third-order valence-electron chi connectivity index (χ3n) is 5.05. The first-order valence-electron chi connectivity index (χ1n) is 8.99. The number of rotatable bonds is 6. The quantitative estimate of drug-likeness (QED) is 0.838. The molecule has 0 atom stereocenters. The number of aliphatic hydroxyl groups excluding tert-OH is 1. The molecule has 1 saturated heterocycles. The molecule has 6 heteroatoms. The van der Waals surface area contributed by atoms with Crippen molar-refractivity contribution in [3.8, 4) is 0 Å². The van der Waals surface area contributed by atoms with E-state index in [9.17, 15) is 0 Å². The number of piperazine rings is 1. The molecule has 2 heterocycles. The SMILES string of the molecule is Cc1nn(CCO)c(C)c1CNc1ccc(N2CCN(C)CC2)cc1. The van der Waals surface area contributed by atoms with Crippen molar-refractivity contribution >= 4 is 11.4 Å². The van der Waals surface area contributed by atoms with E-state index in [2.05, 4.69) is 58.5 Å². The second-order valence-electron chi connectivity index (χ2n) is 6.79. The summed E-state index contributed by atoms with van der Waals surface area (Å²) in [4.78, 5) is 4.81. The molecule has 0 radical (unpaired) electrons. The van der Waals surface area contributed by atoms with Gasteiger partial charge in [0, 0.05) is 55.4 Å². The summed E-state index contributed by atoms with van der Waals surface area (Å²) in [6.07, 6.45) is 0. The average Bonchev–Trinajstić information content (AvgIpc) is 2.88. The van der Waals surface area contributed by atoms with Crippen molar-refractivity contribution in [3.05, 3.63) is 41.2 Å². The molecule has 1 aromatic carbocycles. The van der Waals surface area contributed by atoms with Crippen molar-refractivity contribution in [1.29, 1.82) is 0 Å².